The molecule has 0 N–H and O–H groups in total. The van der Waals surface area contributed by atoms with Gasteiger partial charge in [-0.15, -0.1) is 0 Å². The highest BCUT2D eigenvalue weighted by Gasteiger charge is 2.12. The Morgan fingerprint density at radius 2 is 1.24 bits per heavy atom. The van der Waals surface area contributed by atoms with Crippen LogP contribution in [-0.2, 0) is 16.0 Å². The van der Waals surface area contributed by atoms with Gasteiger partial charge in [0.15, 0.2) is 5.78 Å². The molecular formula is C34H50O3. The summed E-state index contributed by atoms with van der Waals surface area (Å²) < 4.78 is 0. The van der Waals surface area contributed by atoms with E-state index in [-0.39, 0.29) is 11.7 Å². The van der Waals surface area contributed by atoms with E-state index in [9.17, 15) is 9.59 Å². The zero-order chi connectivity index (χ0) is 28.5. The van der Waals surface area contributed by atoms with E-state index in [0.29, 0.717) is 0 Å². The number of rotatable bonds is 5. The smallest absolute Gasteiger partial charge is 0.159 e. The van der Waals surface area contributed by atoms with Crippen molar-refractivity contribution in [3.8, 4) is 11.8 Å². The molecule has 1 aliphatic rings. The van der Waals surface area contributed by atoms with Gasteiger partial charge in [-0.3, -0.25) is 4.79 Å². The van der Waals surface area contributed by atoms with E-state index in [2.05, 4.69) is 36.1 Å². The molecule has 1 aliphatic carbocycles. The van der Waals surface area contributed by atoms with Crippen molar-refractivity contribution >= 4 is 18.4 Å². The lowest BCUT2D eigenvalue weighted by Crippen LogP contribution is -2.07. The summed E-state index contributed by atoms with van der Waals surface area (Å²) in [6, 6.07) is 16.1. The zero-order valence-electron chi connectivity index (χ0n) is 24.6. The van der Waals surface area contributed by atoms with Crippen LogP contribution in [0.1, 0.15) is 121 Å². The third kappa shape index (κ3) is 18.9. The molecule has 1 saturated carbocycles. The van der Waals surface area contributed by atoms with Crippen LogP contribution in [0.2, 0.25) is 0 Å². The first-order chi connectivity index (χ1) is 17.9. The molecule has 204 valence electrons. The van der Waals surface area contributed by atoms with Crippen LogP contribution in [0, 0.1) is 23.7 Å². The van der Waals surface area contributed by atoms with Gasteiger partial charge in [0.25, 0.3) is 0 Å². The minimum atomic E-state index is 0.0864. The van der Waals surface area contributed by atoms with Crippen LogP contribution in [0.4, 0.5) is 0 Å². The first kappa shape index (κ1) is 36.2. The third-order valence-electron chi connectivity index (χ3n) is 5.43. The average Bonchev–Trinajstić information content (AvgIpc) is 2.95. The normalized spacial score (nSPS) is 11.7. The van der Waals surface area contributed by atoms with Gasteiger partial charge < -0.3 is 9.59 Å². The number of aryl methyl sites for hydroxylation is 1. The minimum Gasteiger partial charge on any atom is -0.304 e. The molecule has 1 fully saturated rings. The van der Waals surface area contributed by atoms with Crippen molar-refractivity contribution in [2.24, 2.45) is 11.8 Å². The summed E-state index contributed by atoms with van der Waals surface area (Å²) in [7, 11) is 0. The first-order valence-corrected chi connectivity index (χ1v) is 14.0. The van der Waals surface area contributed by atoms with Crippen molar-refractivity contribution in [2.75, 3.05) is 0 Å². The van der Waals surface area contributed by atoms with Crippen LogP contribution in [0.3, 0.4) is 0 Å². The number of ketones is 1. The predicted octanol–water partition coefficient (Wildman–Crippen LogP) is 8.90. The second-order valence-corrected chi connectivity index (χ2v) is 8.74. The lowest BCUT2D eigenvalue weighted by molar-refractivity contribution is -0.110. The second-order valence-electron chi connectivity index (χ2n) is 8.74. The topological polar surface area (TPSA) is 51.2 Å². The van der Waals surface area contributed by atoms with Crippen LogP contribution < -0.4 is 0 Å². The molecule has 0 saturated heterocycles. The van der Waals surface area contributed by atoms with Crippen molar-refractivity contribution in [3.63, 3.8) is 0 Å². The van der Waals surface area contributed by atoms with Gasteiger partial charge in [0.05, 0.1) is 0 Å². The number of benzene rings is 2. The summed E-state index contributed by atoms with van der Waals surface area (Å²) in [6.07, 6.45) is 11.3. The highest BCUT2D eigenvalue weighted by molar-refractivity contribution is 5.94. The van der Waals surface area contributed by atoms with Gasteiger partial charge in [0.2, 0.25) is 0 Å². The fraction of sp³-hybridized carbons (Fsp3) is 0.500. The maximum Gasteiger partial charge on any atom is 0.159 e. The number of hydrogen-bond acceptors (Lipinski definition) is 3. The Labute approximate surface area is 227 Å². The molecule has 0 heterocycles. The molecule has 0 atom stereocenters. The number of carbonyl (C=O) groups excluding carboxylic acids is 3. The second kappa shape index (κ2) is 24.7. The van der Waals surface area contributed by atoms with Crippen molar-refractivity contribution in [3.05, 3.63) is 70.8 Å². The fourth-order valence-electron chi connectivity index (χ4n) is 3.53. The van der Waals surface area contributed by atoms with Crippen LogP contribution in [0.15, 0.2) is 48.5 Å². The first-order valence-electron chi connectivity index (χ1n) is 14.0. The number of Topliss-reactive ketones (excluding diaryl/α,β-unsaturated/α-hetero) is 1. The summed E-state index contributed by atoms with van der Waals surface area (Å²) in [5, 5.41) is 0. The molecule has 3 rings (SSSR count). The monoisotopic (exact) mass is 506 g/mol. The summed E-state index contributed by atoms with van der Waals surface area (Å²) >= 11 is 0. The van der Waals surface area contributed by atoms with Gasteiger partial charge in [0.1, 0.15) is 12.6 Å². The third-order valence-corrected chi connectivity index (χ3v) is 5.43. The van der Waals surface area contributed by atoms with E-state index in [4.69, 9.17) is 4.79 Å². The van der Waals surface area contributed by atoms with Crippen LogP contribution >= 0.6 is 0 Å². The molecule has 0 bridgehead atoms. The Morgan fingerprint density at radius 3 is 1.62 bits per heavy atom. The van der Waals surface area contributed by atoms with Crippen molar-refractivity contribution in [1.82, 2.24) is 0 Å². The summed E-state index contributed by atoms with van der Waals surface area (Å²) in [5.41, 5.74) is 4.12. The molecular weight excluding hydrogens is 456 g/mol. The van der Waals surface area contributed by atoms with Crippen molar-refractivity contribution < 1.29 is 14.4 Å². The van der Waals surface area contributed by atoms with Gasteiger partial charge in [-0.1, -0.05) is 110 Å². The molecule has 2 aromatic rings. The molecule has 2 aromatic carbocycles. The molecule has 0 spiro atoms. The van der Waals surface area contributed by atoms with Gasteiger partial charge in [0, 0.05) is 22.6 Å². The summed E-state index contributed by atoms with van der Waals surface area (Å²) in [5.74, 6) is 7.60. The summed E-state index contributed by atoms with van der Waals surface area (Å²) in [6.45, 7) is 14.7. The van der Waals surface area contributed by atoms with Gasteiger partial charge in [-0.05, 0) is 62.4 Å². The number of hydrogen-bond donors (Lipinski definition) is 0. The van der Waals surface area contributed by atoms with E-state index in [1.54, 1.807) is 6.92 Å². The van der Waals surface area contributed by atoms with Crippen LogP contribution in [0.25, 0.3) is 0 Å². The highest BCUT2D eigenvalue weighted by Crippen LogP contribution is 2.27. The lowest BCUT2D eigenvalue weighted by atomic mass is 9.85. The number of carbonyl (C=O) groups is 3. The molecule has 0 unspecified atom stereocenters. The largest absolute Gasteiger partial charge is 0.304 e. The van der Waals surface area contributed by atoms with E-state index < -0.39 is 0 Å². The molecule has 0 aliphatic heterocycles. The quantitative estimate of drug-likeness (QED) is 0.231. The molecule has 0 radical (unpaired) electrons. The van der Waals surface area contributed by atoms with Gasteiger partial charge >= 0.3 is 0 Å². The van der Waals surface area contributed by atoms with E-state index in [1.165, 1.54) is 57.4 Å². The van der Waals surface area contributed by atoms with Crippen LogP contribution in [0.5, 0.6) is 0 Å². The zero-order valence-corrected chi connectivity index (χ0v) is 24.6. The van der Waals surface area contributed by atoms with E-state index in [0.717, 1.165) is 35.2 Å². The van der Waals surface area contributed by atoms with Crippen LogP contribution in [-0.4, -0.2) is 18.4 Å². The van der Waals surface area contributed by atoms with E-state index >= 15 is 0 Å². The Kier molecular flexibility index (Phi) is 24.1. The predicted molar refractivity (Wildman–Crippen MR) is 159 cm³/mol. The Bertz CT molecular complexity index is 891. The lowest BCUT2D eigenvalue weighted by Gasteiger charge is -2.21. The molecule has 3 heteroatoms. The SMILES string of the molecule is CC.CC.CC(=O)c1ccc(C#Cc2ccc(CCC3CCCCC3)cc2)cc1.CC(C)C=O.CC=O. The average molecular weight is 507 g/mol. The van der Waals surface area contributed by atoms with Gasteiger partial charge in [-0.2, -0.15) is 0 Å². The standard InChI is InChI=1S/C24H26O.C4H8O.C2H4O.2C2H6/c1-19(25)24-17-15-23(16-18-24)14-13-22-11-9-21(10-12-22)8-7-20-5-3-2-4-6-20;1-4(2)3-5;1-2-3;2*1-2/h9-12,15-18,20H,2-8H2,1H3;3-4H,1-2H3;2H,1H3;2*1-2H3. The Balaban J connectivity index is 0. The van der Waals surface area contributed by atoms with Crippen molar-refractivity contribution in [2.45, 2.75) is 100 Å². The Morgan fingerprint density at radius 1 is 0.838 bits per heavy atom. The molecule has 0 amide bonds. The molecule has 0 aromatic heterocycles. The van der Waals surface area contributed by atoms with Crippen molar-refractivity contribution in [1.29, 1.82) is 0 Å². The maximum atomic E-state index is 11.3. The highest BCUT2D eigenvalue weighted by atomic mass is 16.1. The maximum absolute atomic E-state index is 11.3. The molecule has 3 nitrogen and oxygen atoms in total. The Hall–Kier alpha value is -2.99. The molecule has 37 heavy (non-hydrogen) atoms. The fourth-order valence-corrected chi connectivity index (χ4v) is 3.53. The summed E-state index contributed by atoms with van der Waals surface area (Å²) in [4.78, 5) is 29.6. The van der Waals surface area contributed by atoms with Gasteiger partial charge in [-0.25, -0.2) is 0 Å². The number of aldehydes is 2. The van der Waals surface area contributed by atoms with E-state index in [1.807, 2.05) is 65.8 Å². The minimum absolute atomic E-state index is 0.0864.